The van der Waals surface area contributed by atoms with E-state index in [1.54, 1.807) is 6.07 Å². The van der Waals surface area contributed by atoms with Crippen molar-refractivity contribution in [2.75, 3.05) is 25.1 Å². The quantitative estimate of drug-likeness (QED) is 0.388. The molecule has 4 aromatic rings. The molecule has 0 amide bonds. The minimum Gasteiger partial charge on any atom is -0.481 e. The molecule has 10 heteroatoms. The number of nitrogens with zero attached hydrogens (tertiary/aromatic N) is 4. The highest BCUT2D eigenvalue weighted by Gasteiger charge is 2.46. The van der Waals surface area contributed by atoms with Crippen molar-refractivity contribution in [3.05, 3.63) is 80.9 Å². The molecule has 36 heavy (non-hydrogen) atoms. The van der Waals surface area contributed by atoms with E-state index in [1.165, 1.54) is 24.4 Å². The number of hydrogen-bond donors (Lipinski definition) is 3. The van der Waals surface area contributed by atoms with E-state index in [1.807, 2.05) is 0 Å². The van der Waals surface area contributed by atoms with E-state index in [0.717, 1.165) is 32.4 Å². The smallest absolute Gasteiger partial charge is 0.264 e. The summed E-state index contributed by atoms with van der Waals surface area (Å²) in [6.45, 7) is 5.64. The number of aromatic nitrogens is 5. The van der Waals surface area contributed by atoms with Gasteiger partial charge < -0.3 is 15.4 Å². The first kappa shape index (κ1) is 22.8. The van der Waals surface area contributed by atoms with Gasteiger partial charge in [0.25, 0.3) is 5.56 Å². The first-order chi connectivity index (χ1) is 17.4. The van der Waals surface area contributed by atoms with Crippen LogP contribution in [0.1, 0.15) is 41.3 Å². The van der Waals surface area contributed by atoms with Crippen LogP contribution in [0.5, 0.6) is 5.88 Å². The molecular weight excluding hydrogens is 478 g/mol. The molecule has 4 heterocycles. The third kappa shape index (κ3) is 3.50. The number of H-pyrrole nitrogens is 2. The van der Waals surface area contributed by atoms with Crippen molar-refractivity contribution in [3.63, 3.8) is 0 Å². The first-order valence-corrected chi connectivity index (χ1v) is 12.2. The first-order valence-electron chi connectivity index (χ1n) is 11.9. The second-order valence-corrected chi connectivity index (χ2v) is 10.0. The van der Waals surface area contributed by atoms with Crippen LogP contribution in [0.15, 0.2) is 47.9 Å². The zero-order valence-corrected chi connectivity index (χ0v) is 20.6. The molecule has 1 aliphatic heterocycles. The van der Waals surface area contributed by atoms with E-state index in [-0.39, 0.29) is 17.0 Å². The fourth-order valence-corrected chi connectivity index (χ4v) is 5.86. The van der Waals surface area contributed by atoms with E-state index in [4.69, 9.17) is 27.1 Å². The van der Waals surface area contributed by atoms with Crippen molar-refractivity contribution >= 4 is 34.2 Å². The van der Waals surface area contributed by atoms with Gasteiger partial charge in [-0.25, -0.2) is 4.98 Å². The summed E-state index contributed by atoms with van der Waals surface area (Å²) in [5, 5.41) is 7.99. The molecule has 1 atom stereocenters. The summed E-state index contributed by atoms with van der Waals surface area (Å²) >= 11 is 6.13. The van der Waals surface area contributed by atoms with Crippen LogP contribution in [0, 0.1) is 5.41 Å². The van der Waals surface area contributed by atoms with Gasteiger partial charge in [0.1, 0.15) is 11.1 Å². The molecule has 0 saturated carbocycles. The Kier molecular flexibility index (Phi) is 5.35. The van der Waals surface area contributed by atoms with Gasteiger partial charge in [0.2, 0.25) is 11.8 Å². The third-order valence-corrected chi connectivity index (χ3v) is 7.90. The summed E-state index contributed by atoms with van der Waals surface area (Å²) in [5.41, 5.74) is 10.9. The van der Waals surface area contributed by atoms with Crippen molar-refractivity contribution in [3.8, 4) is 5.88 Å². The lowest BCUT2D eigenvalue weighted by atomic mass is 9.73. The molecule has 9 nitrogen and oxygen atoms in total. The van der Waals surface area contributed by atoms with Crippen molar-refractivity contribution in [2.24, 2.45) is 11.1 Å². The van der Waals surface area contributed by atoms with E-state index in [2.05, 4.69) is 55.9 Å². The Labute approximate surface area is 212 Å². The van der Waals surface area contributed by atoms with Gasteiger partial charge in [-0.15, -0.1) is 0 Å². The molecule has 184 valence electrons. The SMILES string of the molecule is C=C(c1cc(Cl)cnc1OC)c1n[nH]c2nc(N3CCC4(CC3)Cc3ccccc3[C@H]4N)[nH]c(=O)c12. The lowest BCUT2D eigenvalue weighted by Gasteiger charge is -2.42. The van der Waals surface area contributed by atoms with Crippen LogP contribution in [-0.2, 0) is 6.42 Å². The second-order valence-electron chi connectivity index (χ2n) is 9.58. The van der Waals surface area contributed by atoms with Gasteiger partial charge in [0.05, 0.1) is 12.1 Å². The number of pyridine rings is 1. The van der Waals surface area contributed by atoms with Gasteiger partial charge >= 0.3 is 0 Å². The maximum Gasteiger partial charge on any atom is 0.264 e. The number of fused-ring (bicyclic) bond motifs is 2. The molecule has 1 aliphatic carbocycles. The van der Waals surface area contributed by atoms with Crippen LogP contribution in [0.3, 0.4) is 0 Å². The molecular formula is C26H26ClN7O2. The number of aromatic amines is 2. The Morgan fingerprint density at radius 2 is 2.08 bits per heavy atom. The van der Waals surface area contributed by atoms with Crippen molar-refractivity contribution in [2.45, 2.75) is 25.3 Å². The minimum atomic E-state index is -0.292. The van der Waals surface area contributed by atoms with E-state index in [9.17, 15) is 4.79 Å². The average Bonchev–Trinajstić information content (AvgIpc) is 3.44. The molecule has 6 rings (SSSR count). The molecule has 1 saturated heterocycles. The van der Waals surface area contributed by atoms with Crippen LogP contribution in [0.25, 0.3) is 16.6 Å². The molecule has 3 aromatic heterocycles. The van der Waals surface area contributed by atoms with Gasteiger partial charge in [-0.3, -0.25) is 14.9 Å². The van der Waals surface area contributed by atoms with Gasteiger partial charge in [-0.2, -0.15) is 10.1 Å². The molecule has 1 fully saturated rings. The third-order valence-electron chi connectivity index (χ3n) is 7.69. The standard InChI is InChI=1S/C26H26ClN7O2/c1-14(18-11-16(27)13-29-24(18)36-2)20-19-22(33-32-20)30-25(31-23(19)35)34-9-7-26(8-10-34)12-15-5-3-4-6-17(15)21(26)28/h3-6,11,13,21H,1,7-10,12,28H2,2H3,(H2,30,31,32,33,35)/t21-/m1/s1. The predicted molar refractivity (Wildman–Crippen MR) is 139 cm³/mol. The summed E-state index contributed by atoms with van der Waals surface area (Å²) < 4.78 is 5.34. The molecule has 4 N–H and O–H groups in total. The Balaban J connectivity index is 1.27. The van der Waals surface area contributed by atoms with E-state index >= 15 is 0 Å². The Morgan fingerprint density at radius 3 is 2.83 bits per heavy atom. The number of nitrogens with two attached hydrogens (primary N) is 1. The Bertz CT molecular complexity index is 1550. The summed E-state index contributed by atoms with van der Waals surface area (Å²) in [5.74, 6) is 0.866. The van der Waals surface area contributed by atoms with Gasteiger partial charge in [-0.1, -0.05) is 42.4 Å². The largest absolute Gasteiger partial charge is 0.481 e. The number of rotatable bonds is 4. The molecule has 2 aliphatic rings. The highest BCUT2D eigenvalue weighted by atomic mass is 35.5. The number of piperidine rings is 1. The van der Waals surface area contributed by atoms with E-state index < -0.39 is 0 Å². The van der Waals surface area contributed by atoms with Crippen molar-refractivity contribution < 1.29 is 4.74 Å². The van der Waals surface area contributed by atoms with Crippen molar-refractivity contribution in [1.29, 1.82) is 0 Å². The average molecular weight is 504 g/mol. The Hall–Kier alpha value is -3.69. The molecule has 0 radical (unpaired) electrons. The summed E-state index contributed by atoms with van der Waals surface area (Å²) in [6.07, 6.45) is 4.34. The van der Waals surface area contributed by atoms with Crippen LogP contribution < -0.4 is 20.9 Å². The number of methoxy groups -OCH3 is 1. The number of nitrogens with one attached hydrogen (secondary N) is 2. The number of hydrogen-bond acceptors (Lipinski definition) is 7. The number of ether oxygens (including phenoxy) is 1. The maximum atomic E-state index is 13.2. The lowest BCUT2D eigenvalue weighted by Crippen LogP contribution is -2.45. The fourth-order valence-electron chi connectivity index (χ4n) is 5.70. The van der Waals surface area contributed by atoms with Crippen molar-refractivity contribution in [1.82, 2.24) is 25.1 Å². The predicted octanol–water partition coefficient (Wildman–Crippen LogP) is 3.61. The zero-order chi connectivity index (χ0) is 25.0. The Morgan fingerprint density at radius 1 is 1.31 bits per heavy atom. The van der Waals surface area contributed by atoms with Gasteiger partial charge in [0, 0.05) is 36.5 Å². The lowest BCUT2D eigenvalue weighted by molar-refractivity contribution is 0.187. The number of halogens is 1. The molecule has 0 unspecified atom stereocenters. The van der Waals surface area contributed by atoms with Crippen LogP contribution in [0.4, 0.5) is 5.95 Å². The highest BCUT2D eigenvalue weighted by Crippen LogP contribution is 2.50. The van der Waals surface area contributed by atoms with Crippen LogP contribution >= 0.6 is 11.6 Å². The monoisotopic (exact) mass is 503 g/mol. The fraction of sp³-hybridized carbons (Fsp3) is 0.308. The topological polar surface area (TPSA) is 126 Å². The second kappa shape index (κ2) is 8.46. The summed E-state index contributed by atoms with van der Waals surface area (Å²) in [7, 11) is 1.51. The van der Waals surface area contributed by atoms with Gasteiger partial charge in [0.15, 0.2) is 5.65 Å². The number of anilines is 1. The summed E-state index contributed by atoms with van der Waals surface area (Å²) in [6, 6.07) is 10.2. The summed E-state index contributed by atoms with van der Waals surface area (Å²) in [4.78, 5) is 27.2. The molecule has 1 spiro atoms. The maximum absolute atomic E-state index is 13.2. The van der Waals surface area contributed by atoms with Gasteiger partial charge in [-0.05, 0) is 41.9 Å². The molecule has 1 aromatic carbocycles. The van der Waals surface area contributed by atoms with Crippen LogP contribution in [-0.4, -0.2) is 45.3 Å². The van der Waals surface area contributed by atoms with E-state index in [0.29, 0.717) is 44.7 Å². The highest BCUT2D eigenvalue weighted by molar-refractivity contribution is 6.30. The normalized spacial score (nSPS) is 18.5. The zero-order valence-electron chi connectivity index (χ0n) is 19.8. The number of benzene rings is 1. The van der Waals surface area contributed by atoms with Crippen LogP contribution in [0.2, 0.25) is 5.02 Å². The minimum absolute atomic E-state index is 0.0319. The molecule has 0 bridgehead atoms.